The normalized spacial score (nSPS) is 27.5. The average molecular weight is 323 g/mol. The molecule has 128 valence electrons. The summed E-state index contributed by atoms with van der Waals surface area (Å²) >= 11 is 0. The average Bonchev–Trinajstić information content (AvgIpc) is 3.06. The van der Waals surface area contributed by atoms with E-state index in [1.54, 1.807) is 0 Å². The van der Waals surface area contributed by atoms with Crippen molar-refractivity contribution < 1.29 is 23.1 Å². The number of amides is 1. The molecule has 0 saturated carbocycles. The van der Waals surface area contributed by atoms with Gasteiger partial charge >= 0.3 is 6.18 Å². The highest BCUT2D eigenvalue weighted by Gasteiger charge is 2.33. The van der Waals surface area contributed by atoms with Crippen molar-refractivity contribution in [3.05, 3.63) is 0 Å². The SMILES string of the molecule is O=C(CN1CCCC1CN1CCCC1CO)NCC(F)(F)F. The summed E-state index contributed by atoms with van der Waals surface area (Å²) in [6.07, 6.45) is -0.431. The molecule has 2 atom stereocenters. The fourth-order valence-corrected chi connectivity index (χ4v) is 3.36. The Morgan fingerprint density at radius 2 is 1.77 bits per heavy atom. The third-order valence-electron chi connectivity index (χ3n) is 4.49. The van der Waals surface area contributed by atoms with Gasteiger partial charge in [-0.2, -0.15) is 13.2 Å². The maximum absolute atomic E-state index is 12.1. The quantitative estimate of drug-likeness (QED) is 0.751. The van der Waals surface area contributed by atoms with Crippen molar-refractivity contribution >= 4 is 5.91 Å². The summed E-state index contributed by atoms with van der Waals surface area (Å²) in [5, 5.41) is 11.3. The molecule has 2 fully saturated rings. The Labute approximate surface area is 128 Å². The van der Waals surface area contributed by atoms with Gasteiger partial charge in [0, 0.05) is 18.6 Å². The smallest absolute Gasteiger partial charge is 0.395 e. The predicted octanol–water partition coefficient (Wildman–Crippen LogP) is 0.586. The molecule has 2 N–H and O–H groups in total. The molecule has 2 unspecified atom stereocenters. The number of alkyl halides is 3. The molecule has 2 saturated heterocycles. The number of hydrogen-bond donors (Lipinski definition) is 2. The number of rotatable bonds is 6. The second kappa shape index (κ2) is 7.61. The molecular weight excluding hydrogens is 299 g/mol. The van der Waals surface area contributed by atoms with Crippen LogP contribution >= 0.6 is 0 Å². The van der Waals surface area contributed by atoms with Crippen LogP contribution in [-0.2, 0) is 4.79 Å². The topological polar surface area (TPSA) is 55.8 Å². The van der Waals surface area contributed by atoms with Gasteiger partial charge in [-0.25, -0.2) is 0 Å². The van der Waals surface area contributed by atoms with Crippen molar-refractivity contribution in [2.24, 2.45) is 0 Å². The summed E-state index contributed by atoms with van der Waals surface area (Å²) in [5.41, 5.74) is 0. The molecule has 0 aromatic carbocycles. The lowest BCUT2D eigenvalue weighted by atomic mass is 10.2. The molecule has 2 aliphatic heterocycles. The van der Waals surface area contributed by atoms with Crippen LogP contribution in [0.1, 0.15) is 25.7 Å². The summed E-state index contributed by atoms with van der Waals surface area (Å²) in [6.45, 7) is 1.33. The van der Waals surface area contributed by atoms with E-state index in [9.17, 15) is 23.1 Å². The van der Waals surface area contributed by atoms with Crippen LogP contribution in [0.3, 0.4) is 0 Å². The van der Waals surface area contributed by atoms with E-state index >= 15 is 0 Å². The highest BCUT2D eigenvalue weighted by molar-refractivity contribution is 5.78. The molecule has 2 rings (SSSR count). The number of hydrogen-bond acceptors (Lipinski definition) is 4. The molecule has 5 nitrogen and oxygen atoms in total. The Morgan fingerprint density at radius 3 is 2.41 bits per heavy atom. The van der Waals surface area contributed by atoms with Gasteiger partial charge in [-0.15, -0.1) is 0 Å². The second-order valence-corrected chi connectivity index (χ2v) is 6.13. The monoisotopic (exact) mass is 323 g/mol. The maximum Gasteiger partial charge on any atom is 0.405 e. The van der Waals surface area contributed by atoms with Crippen molar-refractivity contribution in [1.82, 2.24) is 15.1 Å². The Kier molecular flexibility index (Phi) is 6.05. The molecule has 0 aromatic heterocycles. The summed E-state index contributed by atoms with van der Waals surface area (Å²) in [6, 6.07) is 0.366. The largest absolute Gasteiger partial charge is 0.405 e. The number of halogens is 3. The van der Waals surface area contributed by atoms with Crippen LogP contribution in [0, 0.1) is 0 Å². The van der Waals surface area contributed by atoms with Gasteiger partial charge in [0.1, 0.15) is 6.54 Å². The first-order valence-corrected chi connectivity index (χ1v) is 7.81. The van der Waals surface area contributed by atoms with Crippen LogP contribution in [0.25, 0.3) is 0 Å². The molecule has 0 radical (unpaired) electrons. The van der Waals surface area contributed by atoms with Crippen molar-refractivity contribution in [2.45, 2.75) is 43.9 Å². The van der Waals surface area contributed by atoms with Crippen molar-refractivity contribution in [3.8, 4) is 0 Å². The number of nitrogens with zero attached hydrogens (tertiary/aromatic N) is 2. The van der Waals surface area contributed by atoms with Gasteiger partial charge in [0.25, 0.3) is 0 Å². The van der Waals surface area contributed by atoms with E-state index in [-0.39, 0.29) is 25.2 Å². The molecule has 0 spiro atoms. The van der Waals surface area contributed by atoms with Gasteiger partial charge in [-0.05, 0) is 38.8 Å². The zero-order chi connectivity index (χ0) is 16.2. The number of aliphatic hydroxyl groups is 1. The van der Waals surface area contributed by atoms with Gasteiger partial charge in [0.2, 0.25) is 5.91 Å². The number of likely N-dealkylation sites (tertiary alicyclic amines) is 2. The number of carbonyl (C=O) groups is 1. The molecule has 8 heteroatoms. The standard InChI is InChI=1S/C14H24F3N3O2/c15-14(16,17)10-18-13(22)8-20-6-1-3-11(20)7-19-5-2-4-12(19)9-21/h11-12,21H,1-10H2,(H,18,22). The Hall–Kier alpha value is -0.860. The lowest BCUT2D eigenvalue weighted by Gasteiger charge is -2.31. The maximum atomic E-state index is 12.1. The number of nitrogens with one attached hydrogen (secondary N) is 1. The van der Waals surface area contributed by atoms with Crippen LogP contribution in [0.4, 0.5) is 13.2 Å². The van der Waals surface area contributed by atoms with E-state index in [1.165, 1.54) is 0 Å². The van der Waals surface area contributed by atoms with E-state index in [1.807, 2.05) is 10.2 Å². The summed E-state index contributed by atoms with van der Waals surface area (Å²) in [7, 11) is 0. The van der Waals surface area contributed by atoms with Gasteiger partial charge in [0.15, 0.2) is 0 Å². The number of aliphatic hydroxyl groups excluding tert-OH is 1. The zero-order valence-electron chi connectivity index (χ0n) is 12.6. The summed E-state index contributed by atoms with van der Waals surface area (Å²) in [4.78, 5) is 15.8. The molecule has 22 heavy (non-hydrogen) atoms. The van der Waals surface area contributed by atoms with Crippen molar-refractivity contribution in [2.75, 3.05) is 39.3 Å². The van der Waals surface area contributed by atoms with Gasteiger partial charge in [-0.3, -0.25) is 14.6 Å². The first-order valence-electron chi connectivity index (χ1n) is 7.81. The van der Waals surface area contributed by atoms with Crippen molar-refractivity contribution in [1.29, 1.82) is 0 Å². The Morgan fingerprint density at radius 1 is 1.14 bits per heavy atom. The fourth-order valence-electron chi connectivity index (χ4n) is 3.36. The molecule has 0 aromatic rings. The van der Waals surface area contributed by atoms with Gasteiger partial charge in [-0.1, -0.05) is 0 Å². The Balaban J connectivity index is 1.79. The van der Waals surface area contributed by atoms with Gasteiger partial charge in [0.05, 0.1) is 13.2 Å². The zero-order valence-corrected chi connectivity index (χ0v) is 12.6. The lowest BCUT2D eigenvalue weighted by Crippen LogP contribution is -2.47. The highest BCUT2D eigenvalue weighted by Crippen LogP contribution is 2.23. The van der Waals surface area contributed by atoms with Crippen LogP contribution in [0.2, 0.25) is 0 Å². The predicted molar refractivity (Wildman–Crippen MR) is 75.3 cm³/mol. The second-order valence-electron chi connectivity index (χ2n) is 6.13. The molecule has 2 heterocycles. The lowest BCUT2D eigenvalue weighted by molar-refractivity contribution is -0.139. The first-order chi connectivity index (χ1) is 10.4. The van der Waals surface area contributed by atoms with Crippen LogP contribution in [0.5, 0.6) is 0 Å². The minimum Gasteiger partial charge on any atom is -0.395 e. The minimum atomic E-state index is -4.37. The molecule has 0 bridgehead atoms. The van der Waals surface area contributed by atoms with E-state index in [0.717, 1.165) is 45.3 Å². The third-order valence-corrected chi connectivity index (χ3v) is 4.49. The van der Waals surface area contributed by atoms with E-state index in [0.29, 0.717) is 0 Å². The first kappa shape index (κ1) is 17.5. The number of carbonyl (C=O) groups excluding carboxylic acids is 1. The minimum absolute atomic E-state index is 0.0123. The van der Waals surface area contributed by atoms with Crippen LogP contribution in [-0.4, -0.2) is 78.4 Å². The van der Waals surface area contributed by atoms with Crippen LogP contribution in [0.15, 0.2) is 0 Å². The molecule has 2 aliphatic rings. The van der Waals surface area contributed by atoms with Crippen LogP contribution < -0.4 is 5.32 Å². The fraction of sp³-hybridized carbons (Fsp3) is 0.929. The van der Waals surface area contributed by atoms with E-state index < -0.39 is 18.6 Å². The highest BCUT2D eigenvalue weighted by atomic mass is 19.4. The summed E-state index contributed by atoms with van der Waals surface area (Å²) in [5.74, 6) is -0.579. The molecular formula is C14H24F3N3O2. The van der Waals surface area contributed by atoms with Gasteiger partial charge < -0.3 is 10.4 Å². The molecule has 1 amide bonds. The Bertz CT molecular complexity index is 379. The third kappa shape index (κ3) is 5.10. The van der Waals surface area contributed by atoms with Crippen molar-refractivity contribution in [3.63, 3.8) is 0 Å². The summed E-state index contributed by atoms with van der Waals surface area (Å²) < 4.78 is 36.3. The van der Waals surface area contributed by atoms with E-state index in [2.05, 4.69) is 4.90 Å². The van der Waals surface area contributed by atoms with E-state index in [4.69, 9.17) is 0 Å². The molecule has 0 aliphatic carbocycles.